The molecule has 0 aromatic heterocycles. The van der Waals surface area contributed by atoms with Gasteiger partial charge in [-0.2, -0.15) is 0 Å². The average Bonchev–Trinajstić information content (AvgIpc) is 3.01. The topological polar surface area (TPSA) is 102 Å². The largest absolute Gasteiger partial charge is 0.478 e. The maximum atomic E-state index is 11.2. The number of aliphatic hydroxyl groups excluding tert-OH is 1. The van der Waals surface area contributed by atoms with Crippen LogP contribution in [0.1, 0.15) is 51.9 Å². The number of thioether (sulfide) groups is 1. The zero-order chi connectivity index (χ0) is 28.1. The van der Waals surface area contributed by atoms with Crippen LogP contribution in [0, 0.1) is 5.92 Å². The van der Waals surface area contributed by atoms with E-state index in [2.05, 4.69) is 31.2 Å². The Bertz CT molecular complexity index is 1440. The normalized spacial score (nSPS) is 20.8. The lowest BCUT2D eigenvalue weighted by molar-refractivity contribution is -0.268. The summed E-state index contributed by atoms with van der Waals surface area (Å²) in [5.41, 5.74) is 12.2. The molecule has 1 heterocycles. The highest BCUT2D eigenvalue weighted by Crippen LogP contribution is 2.43. The van der Waals surface area contributed by atoms with Crippen LogP contribution < -0.4 is 5.73 Å². The monoisotopic (exact) mass is 555 g/mol. The Kier molecular flexibility index (Phi) is 8.99. The molecule has 0 bridgehead atoms. The number of carboxylic acid groups (broad SMARTS) is 1. The second kappa shape index (κ2) is 12.8. The smallest absolute Gasteiger partial charge is 0.335 e. The summed E-state index contributed by atoms with van der Waals surface area (Å²) in [6, 6.07) is 31.2. The van der Waals surface area contributed by atoms with E-state index in [0.29, 0.717) is 12.3 Å². The van der Waals surface area contributed by atoms with Crippen molar-refractivity contribution in [3.8, 4) is 11.1 Å². The summed E-state index contributed by atoms with van der Waals surface area (Å²) in [4.78, 5) is 12.2. The summed E-state index contributed by atoms with van der Waals surface area (Å²) in [6.45, 7) is 2.61. The molecule has 40 heavy (non-hydrogen) atoms. The number of rotatable bonds is 9. The maximum absolute atomic E-state index is 11.2. The lowest BCUT2D eigenvalue weighted by Gasteiger charge is -2.41. The molecule has 0 radical (unpaired) electrons. The molecule has 4 aromatic rings. The fourth-order valence-corrected chi connectivity index (χ4v) is 5.99. The van der Waals surface area contributed by atoms with Gasteiger partial charge in [0.25, 0.3) is 0 Å². The van der Waals surface area contributed by atoms with Crippen molar-refractivity contribution in [2.45, 2.75) is 43.5 Å². The van der Waals surface area contributed by atoms with Crippen LogP contribution in [-0.4, -0.2) is 28.0 Å². The van der Waals surface area contributed by atoms with Crippen LogP contribution in [0.3, 0.4) is 0 Å². The number of benzene rings is 4. The molecule has 5 rings (SSSR count). The molecule has 0 amide bonds. The van der Waals surface area contributed by atoms with Crippen LogP contribution in [0.25, 0.3) is 11.1 Å². The Balaban J connectivity index is 1.42. The van der Waals surface area contributed by atoms with Gasteiger partial charge in [0.2, 0.25) is 0 Å². The third-order valence-corrected chi connectivity index (χ3v) is 8.39. The zero-order valence-electron chi connectivity index (χ0n) is 22.3. The summed E-state index contributed by atoms with van der Waals surface area (Å²) in [7, 11) is 0. The number of carbonyl (C=O) groups is 1. The minimum absolute atomic E-state index is 0.00875. The predicted molar refractivity (Wildman–Crippen MR) is 157 cm³/mol. The van der Waals surface area contributed by atoms with E-state index in [1.54, 1.807) is 23.9 Å². The number of hydrogen-bond donors (Lipinski definition) is 3. The summed E-state index contributed by atoms with van der Waals surface area (Å²) in [5, 5.41) is 18.7. The van der Waals surface area contributed by atoms with Crippen molar-refractivity contribution in [2.24, 2.45) is 11.7 Å². The summed E-state index contributed by atoms with van der Waals surface area (Å²) in [5.74, 6) is -0.212. The fraction of sp³-hybridized carbons (Fsp3) is 0.242. The van der Waals surface area contributed by atoms with Gasteiger partial charge in [-0.3, -0.25) is 0 Å². The van der Waals surface area contributed by atoms with Gasteiger partial charge in [-0.25, -0.2) is 4.79 Å². The highest BCUT2D eigenvalue weighted by Gasteiger charge is 2.38. The van der Waals surface area contributed by atoms with Crippen LogP contribution in [0.2, 0.25) is 0 Å². The molecule has 1 fully saturated rings. The van der Waals surface area contributed by atoms with Crippen LogP contribution in [-0.2, 0) is 22.6 Å². The summed E-state index contributed by atoms with van der Waals surface area (Å²) in [6.07, 6.45) is -0.915. The molecular weight excluding hydrogens is 522 g/mol. The van der Waals surface area contributed by atoms with Gasteiger partial charge in [0.1, 0.15) is 0 Å². The van der Waals surface area contributed by atoms with Crippen LogP contribution in [0.5, 0.6) is 0 Å². The van der Waals surface area contributed by atoms with Crippen LogP contribution >= 0.6 is 11.8 Å². The second-order valence-corrected chi connectivity index (χ2v) is 11.1. The molecule has 7 heteroatoms. The van der Waals surface area contributed by atoms with Gasteiger partial charge < -0.3 is 25.4 Å². The van der Waals surface area contributed by atoms with E-state index in [-0.39, 0.29) is 30.3 Å². The van der Waals surface area contributed by atoms with Gasteiger partial charge in [-0.05, 0) is 64.2 Å². The first-order valence-electron chi connectivity index (χ1n) is 13.3. The number of aliphatic hydroxyl groups is 1. The Morgan fingerprint density at radius 3 is 2.23 bits per heavy atom. The van der Waals surface area contributed by atoms with E-state index in [9.17, 15) is 15.0 Å². The zero-order valence-corrected chi connectivity index (χ0v) is 23.1. The standard InChI is InChI=1S/C33H33NO5S/c1-21-30(20-40-29-14-12-25(13-15-29)32(36)37)38-33(39-31(21)24-10-8-22(19-35)9-11-24)28-7-3-6-27(17-28)26-5-2-4-23(16-26)18-34/h2-17,21,30-31,33,35H,18-20,34H2,1H3,(H,36,37)/t21-,30+,31+,33+/m0/s1. The molecule has 0 spiro atoms. The van der Waals surface area contributed by atoms with E-state index in [1.165, 1.54) is 0 Å². The fourth-order valence-electron chi connectivity index (χ4n) is 4.92. The molecule has 4 N–H and O–H groups in total. The lowest BCUT2D eigenvalue weighted by atomic mass is 9.91. The molecule has 1 aliphatic rings. The molecule has 0 saturated carbocycles. The number of hydrogen-bond acceptors (Lipinski definition) is 6. The van der Waals surface area contributed by atoms with E-state index < -0.39 is 12.3 Å². The Hall–Kier alpha value is -3.46. The molecule has 4 atom stereocenters. The van der Waals surface area contributed by atoms with Gasteiger partial charge in [0.15, 0.2) is 6.29 Å². The highest BCUT2D eigenvalue weighted by molar-refractivity contribution is 7.99. The average molecular weight is 556 g/mol. The lowest BCUT2D eigenvalue weighted by Crippen LogP contribution is -2.38. The summed E-state index contributed by atoms with van der Waals surface area (Å²) >= 11 is 1.64. The molecule has 0 unspecified atom stereocenters. The van der Waals surface area contributed by atoms with Gasteiger partial charge in [-0.15, -0.1) is 11.8 Å². The quantitative estimate of drug-likeness (QED) is 0.200. The number of carboxylic acids is 1. The van der Waals surface area contributed by atoms with E-state index in [1.807, 2.05) is 60.7 Å². The highest BCUT2D eigenvalue weighted by atomic mass is 32.2. The van der Waals surface area contributed by atoms with Crippen LogP contribution in [0.15, 0.2) is 102 Å². The van der Waals surface area contributed by atoms with Crippen LogP contribution in [0.4, 0.5) is 0 Å². The summed E-state index contributed by atoms with van der Waals surface area (Å²) < 4.78 is 13.2. The van der Waals surface area contributed by atoms with E-state index in [0.717, 1.165) is 38.3 Å². The van der Waals surface area contributed by atoms with Crippen molar-refractivity contribution in [1.29, 1.82) is 0 Å². The predicted octanol–water partition coefficient (Wildman–Crippen LogP) is 6.59. The van der Waals surface area contributed by atoms with Crippen molar-refractivity contribution in [2.75, 3.05) is 5.75 Å². The van der Waals surface area contributed by atoms with Gasteiger partial charge in [-0.1, -0.05) is 67.6 Å². The molecular formula is C33H33NO5S. The molecule has 1 aliphatic heterocycles. The third-order valence-electron chi connectivity index (χ3n) is 7.29. The third kappa shape index (κ3) is 6.46. The first-order chi connectivity index (χ1) is 19.4. The minimum atomic E-state index is -0.937. The molecule has 6 nitrogen and oxygen atoms in total. The van der Waals surface area contributed by atoms with Gasteiger partial charge >= 0.3 is 5.97 Å². The first kappa shape index (κ1) is 28.1. The SMILES string of the molecule is C[C@H]1[C@@H](CSc2ccc(C(=O)O)cc2)O[C@@H](c2cccc(-c3cccc(CN)c3)c2)O[C@H]1c1ccc(CO)cc1. The number of nitrogens with two attached hydrogens (primary N) is 1. The molecule has 4 aromatic carbocycles. The Labute approximate surface area is 238 Å². The number of aromatic carboxylic acids is 1. The molecule has 206 valence electrons. The first-order valence-corrected chi connectivity index (χ1v) is 14.3. The van der Waals surface area contributed by atoms with Crippen molar-refractivity contribution >= 4 is 17.7 Å². The van der Waals surface area contributed by atoms with Gasteiger partial charge in [0.05, 0.1) is 24.4 Å². The molecule has 1 saturated heterocycles. The molecule has 0 aliphatic carbocycles. The van der Waals surface area contributed by atoms with E-state index >= 15 is 0 Å². The van der Waals surface area contributed by atoms with Crippen molar-refractivity contribution < 1.29 is 24.5 Å². The maximum Gasteiger partial charge on any atom is 0.335 e. The van der Waals surface area contributed by atoms with Crippen molar-refractivity contribution in [3.63, 3.8) is 0 Å². The second-order valence-electron chi connectivity index (χ2n) is 9.99. The minimum Gasteiger partial charge on any atom is -0.478 e. The van der Waals surface area contributed by atoms with Crippen molar-refractivity contribution in [3.05, 3.63) is 125 Å². The Morgan fingerprint density at radius 2 is 1.55 bits per heavy atom. The Morgan fingerprint density at radius 1 is 0.850 bits per heavy atom. The van der Waals surface area contributed by atoms with Crippen molar-refractivity contribution in [1.82, 2.24) is 0 Å². The number of ether oxygens (including phenoxy) is 2. The van der Waals surface area contributed by atoms with Gasteiger partial charge in [0, 0.05) is 28.7 Å². The van der Waals surface area contributed by atoms with E-state index in [4.69, 9.17) is 15.2 Å².